The van der Waals surface area contributed by atoms with E-state index in [0.717, 1.165) is 5.57 Å². The summed E-state index contributed by atoms with van der Waals surface area (Å²) in [5, 5.41) is 0. The second kappa shape index (κ2) is 4.50. The van der Waals surface area contributed by atoms with E-state index in [2.05, 4.69) is 31.3 Å². The van der Waals surface area contributed by atoms with Gasteiger partial charge in [0.1, 0.15) is 0 Å². The number of hydrogen-bond donors (Lipinski definition) is 0. The highest BCUT2D eigenvalue weighted by molar-refractivity contribution is 5.72. The molecule has 0 aromatic rings. The summed E-state index contributed by atoms with van der Waals surface area (Å²) < 4.78 is 0. The highest BCUT2D eigenvalue weighted by atomic mass is 14.7. The Balaban J connectivity index is 4.09. The lowest BCUT2D eigenvalue weighted by Gasteiger charge is -1.94. The Kier molecular flexibility index (Phi) is 3.89. The molecule has 0 amide bonds. The van der Waals surface area contributed by atoms with Crippen LogP contribution in [0.1, 0.15) is 0 Å². The van der Waals surface area contributed by atoms with Crippen LogP contribution in [0.3, 0.4) is 0 Å². The minimum absolute atomic E-state index is 0.620. The van der Waals surface area contributed by atoms with Crippen LogP contribution in [-0.4, -0.2) is 6.21 Å². The molecule has 1 nitrogen and oxygen atoms in total. The van der Waals surface area contributed by atoms with Gasteiger partial charge in [-0.15, -0.1) is 0 Å². The molecule has 0 fully saturated rings. The van der Waals surface area contributed by atoms with E-state index in [9.17, 15) is 0 Å². The van der Waals surface area contributed by atoms with E-state index in [4.69, 9.17) is 0 Å². The van der Waals surface area contributed by atoms with Crippen molar-refractivity contribution in [1.82, 2.24) is 0 Å². The minimum atomic E-state index is 0.620. The van der Waals surface area contributed by atoms with Crippen LogP contribution >= 0.6 is 0 Å². The number of allylic oxidation sites excluding steroid dienone is 2. The molecule has 0 spiro atoms. The summed E-state index contributed by atoms with van der Waals surface area (Å²) in [5.74, 6) is 0. The SMILES string of the molecule is C=CC=NC(=C)C(=C)C=C. The van der Waals surface area contributed by atoms with Crippen molar-refractivity contribution in [3.05, 3.63) is 49.7 Å². The maximum absolute atomic E-state index is 3.91. The molecule has 0 N–H and O–H groups in total. The van der Waals surface area contributed by atoms with Crippen LogP contribution in [0.2, 0.25) is 0 Å². The third-order valence-electron chi connectivity index (χ3n) is 0.953. The molecular formula is C9H11N. The van der Waals surface area contributed by atoms with Crippen LogP contribution in [0.15, 0.2) is 54.7 Å². The summed E-state index contributed by atoms with van der Waals surface area (Å²) in [5.41, 5.74) is 1.35. The Morgan fingerprint density at radius 1 is 1.20 bits per heavy atom. The fourth-order valence-electron chi connectivity index (χ4n) is 0.343. The van der Waals surface area contributed by atoms with Gasteiger partial charge < -0.3 is 0 Å². The Morgan fingerprint density at radius 2 is 1.80 bits per heavy atom. The fourth-order valence-corrected chi connectivity index (χ4v) is 0.343. The van der Waals surface area contributed by atoms with Gasteiger partial charge in [0.2, 0.25) is 0 Å². The molecule has 10 heavy (non-hydrogen) atoms. The van der Waals surface area contributed by atoms with E-state index in [0.29, 0.717) is 5.70 Å². The van der Waals surface area contributed by atoms with Gasteiger partial charge in [-0.25, -0.2) is 0 Å². The molecular weight excluding hydrogens is 122 g/mol. The van der Waals surface area contributed by atoms with Gasteiger partial charge in [-0.2, -0.15) is 0 Å². The maximum Gasteiger partial charge on any atom is 0.0624 e. The van der Waals surface area contributed by atoms with E-state index in [1.165, 1.54) is 0 Å². The quantitative estimate of drug-likeness (QED) is 0.412. The van der Waals surface area contributed by atoms with Crippen molar-refractivity contribution in [1.29, 1.82) is 0 Å². The molecule has 0 saturated carbocycles. The lowest BCUT2D eigenvalue weighted by Crippen LogP contribution is -1.77. The van der Waals surface area contributed by atoms with E-state index in [1.807, 2.05) is 0 Å². The molecule has 0 bridgehead atoms. The molecule has 0 radical (unpaired) electrons. The first-order chi connectivity index (χ1) is 4.72. The van der Waals surface area contributed by atoms with E-state index in [-0.39, 0.29) is 0 Å². The van der Waals surface area contributed by atoms with Crippen molar-refractivity contribution in [3.63, 3.8) is 0 Å². The van der Waals surface area contributed by atoms with Crippen LogP contribution in [0.4, 0.5) is 0 Å². The normalized spacial score (nSPS) is 9.20. The van der Waals surface area contributed by atoms with Crippen LogP contribution in [0, 0.1) is 0 Å². The van der Waals surface area contributed by atoms with Crippen LogP contribution in [0.5, 0.6) is 0 Å². The predicted molar refractivity (Wildman–Crippen MR) is 47.2 cm³/mol. The zero-order valence-electron chi connectivity index (χ0n) is 6.01. The third kappa shape index (κ3) is 2.82. The van der Waals surface area contributed by atoms with Crippen LogP contribution in [0.25, 0.3) is 0 Å². The second-order valence-corrected chi connectivity index (χ2v) is 1.69. The molecule has 0 unspecified atom stereocenters. The molecule has 0 aliphatic rings. The molecule has 0 heterocycles. The topological polar surface area (TPSA) is 12.4 Å². The first-order valence-corrected chi connectivity index (χ1v) is 2.88. The summed E-state index contributed by atoms with van der Waals surface area (Å²) in [4.78, 5) is 3.91. The van der Waals surface area contributed by atoms with Crippen LogP contribution in [-0.2, 0) is 0 Å². The van der Waals surface area contributed by atoms with Crippen molar-refractivity contribution >= 4 is 6.21 Å². The molecule has 0 aromatic carbocycles. The van der Waals surface area contributed by atoms with Gasteiger partial charge >= 0.3 is 0 Å². The molecule has 1 heteroatoms. The summed E-state index contributed by atoms with van der Waals surface area (Å²) in [7, 11) is 0. The van der Waals surface area contributed by atoms with Gasteiger partial charge in [-0.3, -0.25) is 4.99 Å². The largest absolute Gasteiger partial charge is 0.257 e. The summed E-state index contributed by atoms with van der Waals surface area (Å²) >= 11 is 0. The lowest BCUT2D eigenvalue weighted by atomic mass is 10.2. The van der Waals surface area contributed by atoms with Crippen molar-refractivity contribution in [2.24, 2.45) is 4.99 Å². The Labute approximate surface area is 61.8 Å². The molecule has 0 atom stereocenters. The average Bonchev–Trinajstić information content (AvgIpc) is 1.98. The van der Waals surface area contributed by atoms with Crippen LogP contribution < -0.4 is 0 Å². The highest BCUT2D eigenvalue weighted by Crippen LogP contribution is 2.05. The maximum atomic E-state index is 3.91. The Bertz CT molecular complexity index is 197. The number of rotatable bonds is 4. The van der Waals surface area contributed by atoms with Gasteiger partial charge in [-0.05, 0) is 5.57 Å². The molecule has 0 aliphatic carbocycles. The Hall–Kier alpha value is -1.37. The molecule has 0 aliphatic heterocycles. The van der Waals surface area contributed by atoms with Gasteiger partial charge in [0.25, 0.3) is 0 Å². The number of nitrogens with zero attached hydrogens (tertiary/aromatic N) is 1. The molecule has 0 saturated heterocycles. The Morgan fingerprint density at radius 3 is 2.20 bits per heavy atom. The first-order valence-electron chi connectivity index (χ1n) is 2.88. The van der Waals surface area contributed by atoms with E-state index < -0.39 is 0 Å². The minimum Gasteiger partial charge on any atom is -0.257 e. The zero-order valence-corrected chi connectivity index (χ0v) is 6.01. The predicted octanol–water partition coefficient (Wildman–Crippen LogP) is 2.50. The summed E-state index contributed by atoms with van der Waals surface area (Å²) in [6.07, 6.45) is 4.77. The van der Waals surface area contributed by atoms with Crippen molar-refractivity contribution in [3.8, 4) is 0 Å². The highest BCUT2D eigenvalue weighted by Gasteiger charge is 1.88. The monoisotopic (exact) mass is 133 g/mol. The molecule has 52 valence electrons. The van der Waals surface area contributed by atoms with Crippen molar-refractivity contribution in [2.45, 2.75) is 0 Å². The van der Waals surface area contributed by atoms with Crippen molar-refractivity contribution < 1.29 is 0 Å². The standard InChI is InChI=1S/C9H11N/c1-5-7-10-9(4)8(3)6-2/h5-7H,1-4H2. The fraction of sp³-hybridized carbons (Fsp3) is 0. The number of hydrogen-bond acceptors (Lipinski definition) is 1. The van der Waals surface area contributed by atoms with E-state index in [1.54, 1.807) is 18.4 Å². The van der Waals surface area contributed by atoms with Gasteiger partial charge in [0.15, 0.2) is 0 Å². The van der Waals surface area contributed by atoms with Gasteiger partial charge in [0, 0.05) is 6.21 Å². The third-order valence-corrected chi connectivity index (χ3v) is 0.953. The van der Waals surface area contributed by atoms with Gasteiger partial charge in [-0.1, -0.05) is 38.5 Å². The number of aliphatic imine (C=N–C) groups is 1. The molecule has 0 rings (SSSR count). The average molecular weight is 133 g/mol. The van der Waals surface area contributed by atoms with Gasteiger partial charge in [0.05, 0.1) is 5.70 Å². The summed E-state index contributed by atoms with van der Waals surface area (Å²) in [6, 6.07) is 0. The van der Waals surface area contributed by atoms with Crippen molar-refractivity contribution in [2.75, 3.05) is 0 Å². The second-order valence-electron chi connectivity index (χ2n) is 1.69. The first kappa shape index (κ1) is 8.63. The smallest absolute Gasteiger partial charge is 0.0624 e. The molecule has 0 aromatic heterocycles. The lowest BCUT2D eigenvalue weighted by molar-refractivity contribution is 1.39. The zero-order chi connectivity index (χ0) is 7.98. The summed E-state index contributed by atoms with van der Waals surface area (Å²) in [6.45, 7) is 14.3. The van der Waals surface area contributed by atoms with E-state index >= 15 is 0 Å².